The van der Waals surface area contributed by atoms with Crippen LogP contribution < -0.4 is 10.1 Å². The zero-order valence-electron chi connectivity index (χ0n) is 16.4. The number of rotatable bonds is 7. The fourth-order valence-electron chi connectivity index (χ4n) is 3.34. The molecule has 2 atom stereocenters. The minimum absolute atomic E-state index is 0.124. The summed E-state index contributed by atoms with van der Waals surface area (Å²) < 4.78 is 11.6. The Morgan fingerprint density at radius 1 is 1.28 bits per heavy atom. The Kier molecular flexibility index (Phi) is 6.12. The van der Waals surface area contributed by atoms with Gasteiger partial charge in [0.2, 0.25) is 0 Å². The number of methoxy groups -OCH3 is 1. The molecule has 0 spiro atoms. The first-order valence-corrected chi connectivity index (χ1v) is 10.1. The van der Waals surface area contributed by atoms with E-state index in [4.69, 9.17) is 9.47 Å². The standard InChI is InChI=1S/C21H23BrN2O5/c1-12(24-19(26)17-18(25)16(28-3)7-10-23-17)20(27)29-13(2)21(8-9-21)14-5-4-6-15(22)11-14/h4-7,10-13,25H,8-9H2,1-3H3,(H,24,26). The number of halogens is 1. The zero-order valence-corrected chi connectivity index (χ0v) is 18.0. The fraction of sp³-hybridized carbons (Fsp3) is 0.381. The minimum atomic E-state index is -0.907. The van der Waals surface area contributed by atoms with E-state index in [-0.39, 0.29) is 28.7 Å². The number of esters is 1. The van der Waals surface area contributed by atoms with Crippen LogP contribution >= 0.6 is 15.9 Å². The number of aromatic hydroxyl groups is 1. The number of amides is 1. The highest BCUT2D eigenvalue weighted by molar-refractivity contribution is 9.10. The zero-order chi connectivity index (χ0) is 21.2. The molecule has 0 aliphatic heterocycles. The van der Waals surface area contributed by atoms with Gasteiger partial charge in [-0.1, -0.05) is 28.1 Å². The molecule has 1 aromatic heterocycles. The first kappa shape index (κ1) is 21.1. The Hall–Kier alpha value is -2.61. The number of pyridine rings is 1. The van der Waals surface area contributed by atoms with Gasteiger partial charge in [-0.3, -0.25) is 4.79 Å². The van der Waals surface area contributed by atoms with Crippen molar-refractivity contribution in [3.05, 3.63) is 52.3 Å². The number of aromatic nitrogens is 1. The molecule has 8 heteroatoms. The molecule has 2 N–H and O–H groups in total. The van der Waals surface area contributed by atoms with Crippen LogP contribution in [0.25, 0.3) is 0 Å². The summed E-state index contributed by atoms with van der Waals surface area (Å²) in [5, 5.41) is 12.6. The maximum atomic E-state index is 12.5. The van der Waals surface area contributed by atoms with Crippen molar-refractivity contribution in [2.75, 3.05) is 7.11 Å². The van der Waals surface area contributed by atoms with Gasteiger partial charge in [0.25, 0.3) is 5.91 Å². The highest BCUT2D eigenvalue weighted by Gasteiger charge is 2.51. The summed E-state index contributed by atoms with van der Waals surface area (Å²) in [4.78, 5) is 28.8. The molecule has 154 valence electrons. The first-order chi connectivity index (χ1) is 13.8. The third kappa shape index (κ3) is 4.37. The largest absolute Gasteiger partial charge is 0.503 e. The number of nitrogens with zero attached hydrogens (tertiary/aromatic N) is 1. The van der Waals surface area contributed by atoms with Crippen molar-refractivity contribution < 1.29 is 24.2 Å². The van der Waals surface area contributed by atoms with Crippen LogP contribution in [0.15, 0.2) is 41.0 Å². The lowest BCUT2D eigenvalue weighted by atomic mass is 9.91. The molecule has 0 saturated heterocycles. The van der Waals surface area contributed by atoms with E-state index < -0.39 is 17.9 Å². The van der Waals surface area contributed by atoms with Crippen molar-refractivity contribution in [3.63, 3.8) is 0 Å². The van der Waals surface area contributed by atoms with Crippen molar-refractivity contribution in [2.45, 2.75) is 44.2 Å². The summed E-state index contributed by atoms with van der Waals surface area (Å²) in [5.74, 6) is -1.49. The molecule has 2 aromatic rings. The van der Waals surface area contributed by atoms with E-state index in [1.807, 2.05) is 31.2 Å². The normalized spacial score (nSPS) is 16.4. The molecular weight excluding hydrogens is 440 g/mol. The molecule has 1 amide bonds. The van der Waals surface area contributed by atoms with E-state index >= 15 is 0 Å². The summed E-state index contributed by atoms with van der Waals surface area (Å²) >= 11 is 3.48. The lowest BCUT2D eigenvalue weighted by Crippen LogP contribution is -2.42. The van der Waals surface area contributed by atoms with Gasteiger partial charge >= 0.3 is 5.97 Å². The van der Waals surface area contributed by atoms with Crippen LogP contribution in [0, 0.1) is 0 Å². The van der Waals surface area contributed by atoms with Crippen molar-refractivity contribution >= 4 is 27.8 Å². The van der Waals surface area contributed by atoms with E-state index in [0.717, 1.165) is 22.9 Å². The second kappa shape index (κ2) is 8.41. The molecule has 1 aromatic carbocycles. The van der Waals surface area contributed by atoms with Crippen LogP contribution in [0.1, 0.15) is 42.7 Å². The first-order valence-electron chi connectivity index (χ1n) is 9.28. The van der Waals surface area contributed by atoms with Crippen LogP contribution in [-0.4, -0.2) is 41.2 Å². The van der Waals surface area contributed by atoms with Crippen molar-refractivity contribution in [2.24, 2.45) is 0 Å². The van der Waals surface area contributed by atoms with Gasteiger partial charge in [0, 0.05) is 22.2 Å². The minimum Gasteiger partial charge on any atom is -0.503 e. The topological polar surface area (TPSA) is 97.8 Å². The molecule has 3 rings (SSSR count). The highest BCUT2D eigenvalue weighted by Crippen LogP contribution is 2.52. The van der Waals surface area contributed by atoms with Gasteiger partial charge in [-0.2, -0.15) is 0 Å². The Balaban J connectivity index is 1.64. The predicted molar refractivity (Wildman–Crippen MR) is 110 cm³/mol. The maximum Gasteiger partial charge on any atom is 0.328 e. The quantitative estimate of drug-likeness (QED) is 0.612. The van der Waals surface area contributed by atoms with Crippen LogP contribution in [0.5, 0.6) is 11.5 Å². The Morgan fingerprint density at radius 2 is 2.00 bits per heavy atom. The van der Waals surface area contributed by atoms with E-state index in [2.05, 4.69) is 26.2 Å². The van der Waals surface area contributed by atoms with Crippen LogP contribution in [0.3, 0.4) is 0 Å². The SMILES string of the molecule is COc1ccnc(C(=O)NC(C)C(=O)OC(C)C2(c3cccc(Br)c3)CC2)c1O. The average Bonchev–Trinajstić information content (AvgIpc) is 3.50. The lowest BCUT2D eigenvalue weighted by molar-refractivity contribution is -0.151. The Bertz CT molecular complexity index is 929. The fourth-order valence-corrected chi connectivity index (χ4v) is 3.74. The molecule has 1 fully saturated rings. The molecule has 1 aliphatic rings. The van der Waals surface area contributed by atoms with E-state index in [1.165, 1.54) is 26.3 Å². The molecule has 2 unspecified atom stereocenters. The Morgan fingerprint density at radius 3 is 2.62 bits per heavy atom. The summed E-state index contributed by atoms with van der Waals surface area (Å²) in [6.07, 6.45) is 2.86. The number of ether oxygens (including phenoxy) is 2. The number of carbonyl (C=O) groups excluding carboxylic acids is 2. The molecule has 1 heterocycles. The number of nitrogens with one attached hydrogen (secondary N) is 1. The highest BCUT2D eigenvalue weighted by atomic mass is 79.9. The van der Waals surface area contributed by atoms with Gasteiger partial charge in [0.15, 0.2) is 17.2 Å². The summed E-state index contributed by atoms with van der Waals surface area (Å²) in [6, 6.07) is 8.52. The third-order valence-corrected chi connectivity index (χ3v) is 5.78. The molecule has 7 nitrogen and oxygen atoms in total. The molecule has 1 aliphatic carbocycles. The predicted octanol–water partition coefficient (Wildman–Crippen LogP) is 3.34. The molecule has 29 heavy (non-hydrogen) atoms. The van der Waals surface area contributed by atoms with Crippen molar-refractivity contribution in [1.29, 1.82) is 0 Å². The summed E-state index contributed by atoms with van der Waals surface area (Å²) in [5.41, 5.74) is 0.703. The van der Waals surface area contributed by atoms with E-state index in [0.29, 0.717) is 0 Å². The summed E-state index contributed by atoms with van der Waals surface area (Å²) in [6.45, 7) is 3.40. The summed E-state index contributed by atoms with van der Waals surface area (Å²) in [7, 11) is 1.37. The van der Waals surface area contributed by atoms with Gasteiger partial charge in [-0.15, -0.1) is 0 Å². The van der Waals surface area contributed by atoms with Gasteiger partial charge in [0.05, 0.1) is 7.11 Å². The van der Waals surface area contributed by atoms with E-state index in [1.54, 1.807) is 0 Å². The second-order valence-electron chi connectivity index (χ2n) is 7.15. The van der Waals surface area contributed by atoms with Gasteiger partial charge < -0.3 is 19.9 Å². The molecular formula is C21H23BrN2O5. The second-order valence-corrected chi connectivity index (χ2v) is 8.07. The average molecular weight is 463 g/mol. The van der Waals surface area contributed by atoms with E-state index in [9.17, 15) is 14.7 Å². The smallest absolute Gasteiger partial charge is 0.328 e. The molecule has 0 radical (unpaired) electrons. The molecule has 1 saturated carbocycles. The third-order valence-electron chi connectivity index (χ3n) is 5.28. The number of hydrogen-bond donors (Lipinski definition) is 2. The Labute approximate surface area is 177 Å². The molecule has 0 bridgehead atoms. The number of carbonyl (C=O) groups is 2. The van der Waals surface area contributed by atoms with Crippen LogP contribution in [-0.2, 0) is 14.9 Å². The van der Waals surface area contributed by atoms with Crippen molar-refractivity contribution in [1.82, 2.24) is 10.3 Å². The number of benzene rings is 1. The van der Waals surface area contributed by atoms with Crippen LogP contribution in [0.2, 0.25) is 0 Å². The number of hydrogen-bond acceptors (Lipinski definition) is 6. The monoisotopic (exact) mass is 462 g/mol. The lowest BCUT2D eigenvalue weighted by Gasteiger charge is -2.26. The maximum absolute atomic E-state index is 12.5. The van der Waals surface area contributed by atoms with Crippen molar-refractivity contribution in [3.8, 4) is 11.5 Å². The van der Waals surface area contributed by atoms with Gasteiger partial charge in [-0.25, -0.2) is 9.78 Å². The van der Waals surface area contributed by atoms with Gasteiger partial charge in [0.1, 0.15) is 12.1 Å². The van der Waals surface area contributed by atoms with Gasteiger partial charge in [-0.05, 0) is 44.4 Å². The van der Waals surface area contributed by atoms with Crippen LogP contribution in [0.4, 0.5) is 0 Å².